The zero-order valence-corrected chi connectivity index (χ0v) is 20.8. The van der Waals surface area contributed by atoms with Gasteiger partial charge in [0, 0.05) is 77.3 Å². The van der Waals surface area contributed by atoms with E-state index in [9.17, 15) is 9.59 Å². The number of nitrogens with zero attached hydrogens (tertiary/aromatic N) is 4. The van der Waals surface area contributed by atoms with Crippen LogP contribution in [-0.2, 0) is 5.75 Å². The number of fused-ring (bicyclic) bond motifs is 2. The van der Waals surface area contributed by atoms with Gasteiger partial charge in [0.25, 0.3) is 0 Å². The molecule has 0 saturated heterocycles. The second-order valence-electron chi connectivity index (χ2n) is 8.66. The molecule has 1 aliphatic rings. The van der Waals surface area contributed by atoms with Crippen LogP contribution in [0.3, 0.4) is 0 Å². The van der Waals surface area contributed by atoms with Crippen molar-refractivity contribution in [3.63, 3.8) is 0 Å². The fraction of sp³-hybridized carbons (Fsp3) is 0.148. The molecule has 174 valence electrons. The van der Waals surface area contributed by atoms with Crippen LogP contribution >= 0.6 is 23.1 Å². The maximum absolute atomic E-state index is 13.9. The Morgan fingerprint density at radius 3 is 2.71 bits per heavy atom. The van der Waals surface area contributed by atoms with E-state index in [0.717, 1.165) is 38.4 Å². The van der Waals surface area contributed by atoms with Crippen molar-refractivity contribution in [2.24, 2.45) is 0 Å². The third-order valence-corrected chi connectivity index (χ3v) is 8.49. The van der Waals surface area contributed by atoms with Crippen LogP contribution in [-0.4, -0.2) is 44.9 Å². The summed E-state index contributed by atoms with van der Waals surface area (Å²) >= 11 is 3.43. The van der Waals surface area contributed by atoms with Gasteiger partial charge in [0.05, 0.1) is 5.52 Å². The lowest BCUT2D eigenvalue weighted by Crippen LogP contribution is -2.26. The highest BCUT2D eigenvalue weighted by atomic mass is 32.2. The number of hydrogen-bond acceptors (Lipinski definition) is 5. The van der Waals surface area contributed by atoms with E-state index >= 15 is 0 Å². The van der Waals surface area contributed by atoms with E-state index in [4.69, 9.17) is 0 Å². The summed E-state index contributed by atoms with van der Waals surface area (Å²) in [6.07, 6.45) is 7.32. The lowest BCUT2D eigenvalue weighted by Gasteiger charge is -2.12. The lowest BCUT2D eigenvalue weighted by molar-refractivity contribution is 0.103. The number of ketones is 1. The molecule has 4 aromatic heterocycles. The summed E-state index contributed by atoms with van der Waals surface area (Å²) in [6.45, 7) is 0. The Balaban J connectivity index is 1.45. The maximum atomic E-state index is 13.9. The molecule has 5 aromatic rings. The van der Waals surface area contributed by atoms with Crippen LogP contribution in [0, 0.1) is 0 Å². The summed E-state index contributed by atoms with van der Waals surface area (Å²) in [7, 11) is 3.44. The lowest BCUT2D eigenvalue weighted by atomic mass is 10.0. The van der Waals surface area contributed by atoms with Gasteiger partial charge in [-0.15, -0.1) is 23.1 Å². The normalized spacial score (nSPS) is 14.9. The minimum Gasteiger partial charge on any atom is -0.333 e. The number of benzene rings is 1. The van der Waals surface area contributed by atoms with Gasteiger partial charge < -0.3 is 9.47 Å². The number of thiophene rings is 1. The number of hydrogen-bond donors (Lipinski definition) is 0. The van der Waals surface area contributed by atoms with Gasteiger partial charge >= 0.3 is 6.03 Å². The first-order chi connectivity index (χ1) is 17.0. The number of carbonyl (C=O) groups is 2. The van der Waals surface area contributed by atoms with Crippen LogP contribution in [0.2, 0.25) is 0 Å². The van der Waals surface area contributed by atoms with Crippen LogP contribution in [0.1, 0.15) is 32.6 Å². The Bertz CT molecular complexity index is 1570. The maximum Gasteiger partial charge on any atom is 0.328 e. The van der Waals surface area contributed by atoms with E-state index in [1.807, 2.05) is 54.2 Å². The average Bonchev–Trinajstić information content (AvgIpc) is 3.67. The van der Waals surface area contributed by atoms with Crippen LogP contribution in [0.4, 0.5) is 4.79 Å². The van der Waals surface area contributed by atoms with Crippen molar-refractivity contribution in [3.05, 3.63) is 101 Å². The topological polar surface area (TPSA) is 60.1 Å². The van der Waals surface area contributed by atoms with E-state index in [-0.39, 0.29) is 17.2 Å². The van der Waals surface area contributed by atoms with Crippen molar-refractivity contribution < 1.29 is 9.59 Å². The molecule has 0 radical (unpaired) electrons. The molecule has 1 amide bonds. The monoisotopic (exact) mass is 498 g/mol. The summed E-state index contributed by atoms with van der Waals surface area (Å²) < 4.78 is 3.75. The summed E-state index contributed by atoms with van der Waals surface area (Å²) in [5, 5.41) is 2.91. The SMILES string of the molecule is CN(C)C(=O)n1cc(C(=O)c2ccn3c2CSC3c2cccnc2)c2ccc(-c3cccs3)cc21. The summed E-state index contributed by atoms with van der Waals surface area (Å²) in [5.74, 6) is 0.677. The minimum atomic E-state index is -0.188. The average molecular weight is 499 g/mol. The standard InChI is InChI=1S/C27H22N4O2S2/c1-29(2)27(33)31-15-21(19-8-7-17(13-22(19)31)24-6-4-12-34-24)25(32)20-9-11-30-23(20)16-35-26(30)18-5-3-10-28-14-18/h3-15,26H,16H2,1-2H3. The summed E-state index contributed by atoms with van der Waals surface area (Å²) in [6, 6.07) is 15.8. The van der Waals surface area contributed by atoms with Crippen molar-refractivity contribution in [3.8, 4) is 10.4 Å². The van der Waals surface area contributed by atoms with Crippen LogP contribution in [0.5, 0.6) is 0 Å². The Kier molecular flexibility index (Phi) is 5.35. The van der Waals surface area contributed by atoms with Gasteiger partial charge in [0.1, 0.15) is 5.37 Å². The van der Waals surface area contributed by atoms with Gasteiger partial charge in [-0.1, -0.05) is 24.3 Å². The van der Waals surface area contributed by atoms with Crippen LogP contribution in [0.25, 0.3) is 21.3 Å². The van der Waals surface area contributed by atoms with Crippen molar-refractivity contribution in [2.75, 3.05) is 14.1 Å². The van der Waals surface area contributed by atoms with Gasteiger partial charge in [0.15, 0.2) is 5.78 Å². The first-order valence-electron chi connectivity index (χ1n) is 11.2. The first kappa shape index (κ1) is 21.9. The third kappa shape index (κ3) is 3.61. The van der Waals surface area contributed by atoms with E-state index in [1.165, 1.54) is 4.90 Å². The molecule has 8 heteroatoms. The molecular formula is C27H22N4O2S2. The fourth-order valence-corrected chi connectivity index (χ4v) is 6.63. The van der Waals surface area contributed by atoms with Gasteiger partial charge in [-0.25, -0.2) is 4.79 Å². The number of thioether (sulfide) groups is 1. The Labute approximate surface area is 210 Å². The Hall–Kier alpha value is -3.62. The minimum absolute atomic E-state index is 0.0645. The number of aromatic nitrogens is 3. The number of carbonyl (C=O) groups excluding carboxylic acids is 2. The number of pyridine rings is 1. The largest absolute Gasteiger partial charge is 0.333 e. The Morgan fingerprint density at radius 1 is 1.09 bits per heavy atom. The second kappa shape index (κ2) is 8.55. The highest BCUT2D eigenvalue weighted by molar-refractivity contribution is 7.99. The van der Waals surface area contributed by atoms with Crippen molar-refractivity contribution in [1.29, 1.82) is 0 Å². The predicted octanol–water partition coefficient (Wildman–Crippen LogP) is 6.12. The number of rotatable bonds is 4. The fourth-order valence-electron chi connectivity index (χ4n) is 4.60. The van der Waals surface area contributed by atoms with Gasteiger partial charge in [0.2, 0.25) is 0 Å². The molecule has 0 N–H and O–H groups in total. The van der Waals surface area contributed by atoms with Crippen molar-refractivity contribution >= 4 is 45.8 Å². The van der Waals surface area contributed by atoms with Gasteiger partial charge in [-0.3, -0.25) is 14.3 Å². The molecular weight excluding hydrogens is 476 g/mol. The smallest absolute Gasteiger partial charge is 0.328 e. The molecule has 35 heavy (non-hydrogen) atoms. The molecule has 0 bridgehead atoms. The molecule has 6 rings (SSSR count). The van der Waals surface area contributed by atoms with Gasteiger partial charge in [-0.2, -0.15) is 0 Å². The van der Waals surface area contributed by atoms with E-state index in [2.05, 4.69) is 21.7 Å². The predicted molar refractivity (Wildman–Crippen MR) is 141 cm³/mol. The molecule has 1 unspecified atom stereocenters. The number of amides is 1. The highest BCUT2D eigenvalue weighted by Gasteiger charge is 2.30. The molecule has 1 atom stereocenters. The zero-order valence-electron chi connectivity index (χ0n) is 19.2. The highest BCUT2D eigenvalue weighted by Crippen LogP contribution is 2.42. The second-order valence-corrected chi connectivity index (χ2v) is 10.7. The summed E-state index contributed by atoms with van der Waals surface area (Å²) in [4.78, 5) is 33.8. The Morgan fingerprint density at radius 2 is 1.97 bits per heavy atom. The molecule has 0 saturated carbocycles. The molecule has 0 spiro atoms. The molecule has 1 aromatic carbocycles. The molecule has 5 heterocycles. The molecule has 6 nitrogen and oxygen atoms in total. The summed E-state index contributed by atoms with van der Waals surface area (Å²) in [5.41, 5.74) is 5.10. The van der Waals surface area contributed by atoms with E-state index < -0.39 is 0 Å². The van der Waals surface area contributed by atoms with Crippen LogP contribution in [0.15, 0.2) is 78.7 Å². The first-order valence-corrected chi connectivity index (χ1v) is 13.1. The molecule has 0 aliphatic carbocycles. The van der Waals surface area contributed by atoms with E-state index in [1.54, 1.807) is 54.2 Å². The van der Waals surface area contributed by atoms with Crippen LogP contribution < -0.4 is 0 Å². The van der Waals surface area contributed by atoms with Gasteiger partial charge in [-0.05, 0) is 35.2 Å². The van der Waals surface area contributed by atoms with Crippen molar-refractivity contribution in [2.45, 2.75) is 11.1 Å². The zero-order chi connectivity index (χ0) is 24.1. The quantitative estimate of drug-likeness (QED) is 0.280. The molecule has 1 aliphatic heterocycles. The van der Waals surface area contributed by atoms with E-state index in [0.29, 0.717) is 11.1 Å². The third-order valence-electron chi connectivity index (χ3n) is 6.31. The van der Waals surface area contributed by atoms with Crippen molar-refractivity contribution in [1.82, 2.24) is 19.0 Å². The molecule has 0 fully saturated rings.